The van der Waals surface area contributed by atoms with Crippen LogP contribution in [0.25, 0.3) is 45.1 Å². The molecule has 11 nitrogen and oxygen atoms in total. The summed E-state index contributed by atoms with van der Waals surface area (Å²) < 4.78 is 51.9. The number of hydrogen-bond acceptors (Lipinski definition) is 9. The summed E-state index contributed by atoms with van der Waals surface area (Å²) in [7, 11) is -5.92. The van der Waals surface area contributed by atoms with E-state index in [1.807, 2.05) is 39.8 Å². The lowest BCUT2D eigenvalue weighted by Gasteiger charge is -2.16. The van der Waals surface area contributed by atoms with Crippen molar-refractivity contribution < 1.29 is 27.2 Å². The maximum atomic E-state index is 12.8. The van der Waals surface area contributed by atoms with Crippen LogP contribution in [0.2, 0.25) is 0 Å². The van der Waals surface area contributed by atoms with Crippen LogP contribution in [-0.2, 0) is 40.3 Å². The van der Waals surface area contributed by atoms with Crippen LogP contribution in [-0.4, -0.2) is 62.8 Å². The van der Waals surface area contributed by atoms with Crippen LogP contribution >= 0.6 is 15.2 Å². The molecule has 0 aliphatic heterocycles. The second-order valence-electron chi connectivity index (χ2n) is 14.1. The van der Waals surface area contributed by atoms with Gasteiger partial charge in [-0.2, -0.15) is 0 Å². The molecule has 5 aromatic rings. The Morgan fingerprint density at radius 2 is 0.804 bits per heavy atom. The molecule has 0 bridgehead atoms. The summed E-state index contributed by atoms with van der Waals surface area (Å²) in [6.45, 7) is 10.8. The summed E-state index contributed by atoms with van der Waals surface area (Å²) in [5, 5.41) is 0. The molecule has 2 aromatic carbocycles. The number of aryl methyl sites for hydroxylation is 2. The van der Waals surface area contributed by atoms with E-state index in [0.717, 1.165) is 135 Å². The summed E-state index contributed by atoms with van der Waals surface area (Å²) in [5.74, 6) is 1.74. The van der Waals surface area contributed by atoms with Crippen molar-refractivity contribution in [3.63, 3.8) is 0 Å². The number of para-hydroxylation sites is 4. The summed E-state index contributed by atoms with van der Waals surface area (Å²) >= 11 is 0. The van der Waals surface area contributed by atoms with E-state index < -0.39 is 15.2 Å². The van der Waals surface area contributed by atoms with Gasteiger partial charge in [-0.25, -0.2) is 15.0 Å². The third-order valence-electron chi connectivity index (χ3n) is 9.95. The highest BCUT2D eigenvalue weighted by atomic mass is 31.2. The summed E-state index contributed by atoms with van der Waals surface area (Å²) in [6.07, 6.45) is 13.4. The van der Waals surface area contributed by atoms with Crippen molar-refractivity contribution in [3.05, 3.63) is 66.7 Å². The zero-order valence-corrected chi connectivity index (χ0v) is 35.9. The minimum absolute atomic E-state index is 0.408. The molecular formula is C43H63N5O6P2. The average Bonchev–Trinajstić information content (AvgIpc) is 3.76. The Labute approximate surface area is 334 Å². The van der Waals surface area contributed by atoms with Gasteiger partial charge in [0.2, 0.25) is 0 Å². The molecule has 0 saturated carbocycles. The molecule has 0 radical (unpaired) electrons. The highest BCUT2D eigenvalue weighted by Gasteiger charge is 2.23. The molecular weight excluding hydrogens is 744 g/mol. The van der Waals surface area contributed by atoms with Crippen molar-refractivity contribution in [3.8, 4) is 23.0 Å². The van der Waals surface area contributed by atoms with Gasteiger partial charge in [0.05, 0.1) is 60.8 Å². The predicted molar refractivity (Wildman–Crippen MR) is 229 cm³/mol. The van der Waals surface area contributed by atoms with E-state index in [1.165, 1.54) is 0 Å². The number of pyridine rings is 1. The first-order valence-electron chi connectivity index (χ1n) is 21.0. The van der Waals surface area contributed by atoms with E-state index in [4.69, 9.17) is 33.0 Å². The zero-order chi connectivity index (χ0) is 39.6. The molecule has 0 aliphatic rings. The van der Waals surface area contributed by atoms with Crippen molar-refractivity contribution in [2.45, 2.75) is 118 Å². The van der Waals surface area contributed by atoms with Gasteiger partial charge in [0, 0.05) is 13.1 Å². The van der Waals surface area contributed by atoms with Gasteiger partial charge in [0.15, 0.2) is 11.6 Å². The van der Waals surface area contributed by atoms with Crippen molar-refractivity contribution in [2.24, 2.45) is 0 Å². The third-order valence-corrected chi connectivity index (χ3v) is 14.3. The zero-order valence-electron chi connectivity index (χ0n) is 34.1. The first-order chi connectivity index (χ1) is 27.3. The van der Waals surface area contributed by atoms with Crippen LogP contribution in [0.1, 0.15) is 105 Å². The maximum Gasteiger partial charge on any atom is 0.330 e. The van der Waals surface area contributed by atoms with Crippen molar-refractivity contribution >= 4 is 37.3 Å². The molecule has 3 aromatic heterocycles. The minimum Gasteiger partial charge on any atom is -0.323 e. The standard InChI is InChI=1S/C43H63N5O6P2/c1-5-51-55(49,52-6-2)34-23-15-11-9-13-21-32-47-40-30-19-17-26-36(40)45-42(47)38-28-25-29-39(44-38)43-46-37-27-18-20-31-41(37)48(43)33-22-14-10-12-16-24-35-56(50,53-7-3)54-8-4/h17-20,25-31H,5-16,21-24,32-35H2,1-4H3. The quantitative estimate of drug-likeness (QED) is 0.0359. The fraction of sp³-hybridized carbons (Fsp3) is 0.558. The van der Waals surface area contributed by atoms with Crippen molar-refractivity contribution in [1.29, 1.82) is 0 Å². The predicted octanol–water partition coefficient (Wildman–Crippen LogP) is 12.3. The summed E-state index contributed by atoms with van der Waals surface area (Å²) in [5.41, 5.74) is 5.83. The molecule has 0 spiro atoms. The second kappa shape index (κ2) is 22.7. The Morgan fingerprint density at radius 3 is 1.20 bits per heavy atom. The Balaban J connectivity index is 1.20. The first kappa shape index (κ1) is 43.9. The van der Waals surface area contributed by atoms with Gasteiger partial charge in [-0.15, -0.1) is 0 Å². The second-order valence-corrected chi connectivity index (χ2v) is 18.5. The van der Waals surface area contributed by atoms with Gasteiger partial charge in [-0.3, -0.25) is 9.13 Å². The van der Waals surface area contributed by atoms with Crippen LogP contribution < -0.4 is 0 Å². The van der Waals surface area contributed by atoms with Gasteiger partial charge < -0.3 is 27.2 Å². The highest BCUT2D eigenvalue weighted by molar-refractivity contribution is 7.54. The average molecular weight is 808 g/mol. The molecule has 0 saturated heterocycles. The normalized spacial score (nSPS) is 12.4. The van der Waals surface area contributed by atoms with Gasteiger partial charge >= 0.3 is 15.2 Å². The van der Waals surface area contributed by atoms with Crippen LogP contribution in [0.4, 0.5) is 0 Å². The number of nitrogens with zero attached hydrogens (tertiary/aromatic N) is 5. The smallest absolute Gasteiger partial charge is 0.323 e. The largest absolute Gasteiger partial charge is 0.330 e. The summed E-state index contributed by atoms with van der Waals surface area (Å²) in [6, 6.07) is 22.8. The molecule has 3 heterocycles. The van der Waals surface area contributed by atoms with Gasteiger partial charge in [0.25, 0.3) is 0 Å². The molecule has 0 aliphatic carbocycles. The van der Waals surface area contributed by atoms with Gasteiger partial charge in [-0.1, -0.05) is 81.7 Å². The van der Waals surface area contributed by atoms with Crippen molar-refractivity contribution in [1.82, 2.24) is 24.1 Å². The Hall–Kier alpha value is -3.17. The molecule has 0 atom stereocenters. The number of unbranched alkanes of at least 4 members (excludes halogenated alkanes) is 10. The molecule has 0 fully saturated rings. The Kier molecular flexibility index (Phi) is 17.8. The van der Waals surface area contributed by atoms with E-state index in [9.17, 15) is 9.13 Å². The molecule has 0 N–H and O–H groups in total. The minimum atomic E-state index is -2.96. The van der Waals surface area contributed by atoms with Crippen LogP contribution in [0, 0.1) is 0 Å². The molecule has 13 heteroatoms. The van der Waals surface area contributed by atoms with Gasteiger partial charge in [0.1, 0.15) is 11.4 Å². The van der Waals surface area contributed by atoms with E-state index in [2.05, 4.69) is 63.7 Å². The monoisotopic (exact) mass is 807 g/mol. The number of rotatable bonds is 28. The lowest BCUT2D eigenvalue weighted by atomic mass is 10.1. The number of fused-ring (bicyclic) bond motifs is 2. The number of hydrogen-bond donors (Lipinski definition) is 0. The number of imidazole rings is 2. The van der Waals surface area contributed by atoms with Gasteiger partial charge in [-0.05, 0) is 89.8 Å². The van der Waals surface area contributed by atoms with Crippen LogP contribution in [0.15, 0.2) is 66.7 Å². The third kappa shape index (κ3) is 12.4. The van der Waals surface area contributed by atoms with Crippen molar-refractivity contribution in [2.75, 3.05) is 38.8 Å². The fourth-order valence-corrected chi connectivity index (χ4v) is 10.8. The Bertz CT molecular complexity index is 1870. The summed E-state index contributed by atoms with van der Waals surface area (Å²) in [4.78, 5) is 15.4. The first-order valence-corrected chi connectivity index (χ1v) is 24.4. The van der Waals surface area contributed by atoms with Crippen LogP contribution in [0.5, 0.6) is 0 Å². The maximum absolute atomic E-state index is 12.8. The molecule has 306 valence electrons. The molecule has 5 rings (SSSR count). The highest BCUT2D eigenvalue weighted by Crippen LogP contribution is 2.49. The number of aromatic nitrogens is 5. The van der Waals surface area contributed by atoms with E-state index in [-0.39, 0.29) is 0 Å². The van der Waals surface area contributed by atoms with E-state index >= 15 is 0 Å². The topological polar surface area (TPSA) is 120 Å². The molecule has 56 heavy (non-hydrogen) atoms. The number of benzene rings is 2. The SMILES string of the molecule is CCOP(=O)(CCCCCCCCn1c(-c2cccc(-c3nc4ccccc4n3CCCCCCCCP(=O)(OCC)OCC)n2)nc2ccccc21)OCC. The van der Waals surface area contributed by atoms with E-state index in [1.54, 1.807) is 0 Å². The lowest BCUT2D eigenvalue weighted by molar-refractivity contribution is 0.218. The Morgan fingerprint density at radius 1 is 0.446 bits per heavy atom. The fourth-order valence-electron chi connectivity index (χ4n) is 7.36. The molecule has 0 unspecified atom stereocenters. The van der Waals surface area contributed by atoms with E-state index in [0.29, 0.717) is 38.8 Å². The van der Waals surface area contributed by atoms with Crippen LogP contribution in [0.3, 0.4) is 0 Å². The lowest BCUT2D eigenvalue weighted by Crippen LogP contribution is -2.05. The molecule has 0 amide bonds.